The average Bonchev–Trinajstić information content (AvgIpc) is 2.50. The normalized spacial score (nSPS) is 10.7. The summed E-state index contributed by atoms with van der Waals surface area (Å²) >= 11 is 4.19. The van der Waals surface area contributed by atoms with Crippen LogP contribution in [0.3, 0.4) is 0 Å². The van der Waals surface area contributed by atoms with E-state index in [-0.39, 0.29) is 18.3 Å². The summed E-state index contributed by atoms with van der Waals surface area (Å²) in [5.74, 6) is 0.400. The Bertz CT molecular complexity index is 748. The molecule has 2 N–H and O–H groups in total. The number of amides is 1. The van der Waals surface area contributed by atoms with E-state index in [1.54, 1.807) is 12.1 Å². The SMILES string of the molecule is Cc1cccc(OCC(=O)N/N=C/c2cc(I)cc(I)c2O)c1. The van der Waals surface area contributed by atoms with Crippen LogP contribution in [0.5, 0.6) is 11.5 Å². The minimum absolute atomic E-state index is 0.128. The molecule has 120 valence electrons. The number of ether oxygens (including phenoxy) is 1. The van der Waals surface area contributed by atoms with Gasteiger partial charge in [-0.05, 0) is 81.9 Å². The van der Waals surface area contributed by atoms with Gasteiger partial charge in [-0.3, -0.25) is 4.79 Å². The van der Waals surface area contributed by atoms with E-state index >= 15 is 0 Å². The Kier molecular flexibility index (Phi) is 6.63. The molecule has 5 nitrogen and oxygen atoms in total. The fourth-order valence-electron chi connectivity index (χ4n) is 1.74. The summed E-state index contributed by atoms with van der Waals surface area (Å²) in [5.41, 5.74) is 3.97. The molecule has 0 unspecified atom stereocenters. The molecule has 2 rings (SSSR count). The van der Waals surface area contributed by atoms with Crippen molar-refractivity contribution >= 4 is 57.3 Å². The van der Waals surface area contributed by atoms with Gasteiger partial charge in [0, 0.05) is 9.13 Å². The van der Waals surface area contributed by atoms with Gasteiger partial charge in [0.25, 0.3) is 5.91 Å². The van der Waals surface area contributed by atoms with E-state index in [2.05, 4.69) is 33.1 Å². The van der Waals surface area contributed by atoms with Crippen LogP contribution in [-0.2, 0) is 4.79 Å². The first kappa shape index (κ1) is 18.0. The predicted molar refractivity (Wildman–Crippen MR) is 106 cm³/mol. The lowest BCUT2D eigenvalue weighted by atomic mass is 10.2. The van der Waals surface area contributed by atoms with Gasteiger partial charge in [0.15, 0.2) is 6.61 Å². The quantitative estimate of drug-likeness (QED) is 0.350. The molecular weight excluding hydrogens is 522 g/mol. The fraction of sp³-hybridized carbons (Fsp3) is 0.125. The number of rotatable bonds is 5. The Morgan fingerprint density at radius 3 is 2.87 bits per heavy atom. The van der Waals surface area contributed by atoms with Crippen LogP contribution in [0.4, 0.5) is 0 Å². The molecule has 23 heavy (non-hydrogen) atoms. The highest BCUT2D eigenvalue weighted by atomic mass is 127. The number of benzene rings is 2. The summed E-state index contributed by atoms with van der Waals surface area (Å²) in [4.78, 5) is 11.7. The molecule has 0 atom stereocenters. The lowest BCUT2D eigenvalue weighted by Crippen LogP contribution is -2.24. The van der Waals surface area contributed by atoms with Crippen LogP contribution in [0.15, 0.2) is 41.5 Å². The van der Waals surface area contributed by atoms with Crippen LogP contribution in [-0.4, -0.2) is 23.8 Å². The van der Waals surface area contributed by atoms with Gasteiger partial charge in [0.2, 0.25) is 0 Å². The first-order valence-electron chi connectivity index (χ1n) is 6.65. The second-order valence-electron chi connectivity index (χ2n) is 4.72. The zero-order valence-electron chi connectivity index (χ0n) is 12.2. The Hall–Kier alpha value is -1.36. The summed E-state index contributed by atoms with van der Waals surface area (Å²) < 4.78 is 7.08. The van der Waals surface area contributed by atoms with Crippen LogP contribution in [0.25, 0.3) is 0 Å². The molecule has 0 aliphatic heterocycles. The average molecular weight is 536 g/mol. The zero-order valence-corrected chi connectivity index (χ0v) is 16.5. The van der Waals surface area contributed by atoms with Crippen molar-refractivity contribution in [1.29, 1.82) is 0 Å². The maximum atomic E-state index is 11.7. The molecule has 0 bridgehead atoms. The minimum Gasteiger partial charge on any atom is -0.506 e. The molecule has 1 amide bonds. The molecule has 2 aromatic rings. The van der Waals surface area contributed by atoms with Gasteiger partial charge in [-0.2, -0.15) is 5.10 Å². The molecule has 0 aliphatic rings. The predicted octanol–water partition coefficient (Wildman–Crippen LogP) is 3.44. The molecule has 0 saturated carbocycles. The van der Waals surface area contributed by atoms with Crippen LogP contribution in [0, 0.1) is 14.1 Å². The van der Waals surface area contributed by atoms with E-state index in [4.69, 9.17) is 4.74 Å². The van der Waals surface area contributed by atoms with Crippen molar-refractivity contribution < 1.29 is 14.6 Å². The number of carbonyl (C=O) groups is 1. The second-order valence-corrected chi connectivity index (χ2v) is 7.13. The monoisotopic (exact) mass is 536 g/mol. The van der Waals surface area contributed by atoms with Crippen molar-refractivity contribution in [1.82, 2.24) is 5.43 Å². The molecular formula is C16H14I2N2O3. The van der Waals surface area contributed by atoms with E-state index in [0.717, 1.165) is 12.7 Å². The lowest BCUT2D eigenvalue weighted by Gasteiger charge is -2.06. The van der Waals surface area contributed by atoms with Crippen molar-refractivity contribution in [3.05, 3.63) is 54.7 Å². The van der Waals surface area contributed by atoms with Crippen molar-refractivity contribution in [3.63, 3.8) is 0 Å². The maximum Gasteiger partial charge on any atom is 0.277 e. The van der Waals surface area contributed by atoms with Crippen LogP contribution < -0.4 is 10.2 Å². The molecule has 0 heterocycles. The summed E-state index contributed by atoms with van der Waals surface area (Å²) in [6.07, 6.45) is 1.41. The molecule has 7 heteroatoms. The first-order chi connectivity index (χ1) is 11.0. The topological polar surface area (TPSA) is 70.9 Å². The van der Waals surface area contributed by atoms with Crippen molar-refractivity contribution in [2.24, 2.45) is 5.10 Å². The van der Waals surface area contributed by atoms with Crippen molar-refractivity contribution in [3.8, 4) is 11.5 Å². The summed E-state index contributed by atoms with van der Waals surface area (Å²) in [6, 6.07) is 11.1. The summed E-state index contributed by atoms with van der Waals surface area (Å²) in [6.45, 7) is 1.82. The molecule has 2 aromatic carbocycles. The Morgan fingerprint density at radius 2 is 2.13 bits per heavy atom. The number of aromatic hydroxyl groups is 1. The van der Waals surface area contributed by atoms with Gasteiger partial charge in [0.1, 0.15) is 11.5 Å². The molecule has 0 radical (unpaired) electrons. The number of hydrogen-bond donors (Lipinski definition) is 2. The molecule has 0 fully saturated rings. The zero-order chi connectivity index (χ0) is 16.8. The fourth-order valence-corrected chi connectivity index (χ4v) is 3.63. The summed E-state index contributed by atoms with van der Waals surface area (Å²) in [7, 11) is 0. The molecule has 0 spiro atoms. The number of halogens is 2. The third kappa shape index (κ3) is 5.65. The van der Waals surface area contributed by atoms with Crippen molar-refractivity contribution in [2.75, 3.05) is 6.61 Å². The number of phenolic OH excluding ortho intramolecular Hbond substituents is 1. The second kappa shape index (κ2) is 8.48. The largest absolute Gasteiger partial charge is 0.506 e. The highest BCUT2D eigenvalue weighted by Crippen LogP contribution is 2.25. The van der Waals surface area contributed by atoms with E-state index in [0.29, 0.717) is 11.3 Å². The smallest absolute Gasteiger partial charge is 0.277 e. The van der Waals surface area contributed by atoms with Gasteiger partial charge in [0.05, 0.1) is 9.78 Å². The standard InChI is InChI=1S/C16H14I2N2O3/c1-10-3-2-4-13(5-10)23-9-15(21)20-19-8-11-6-12(17)7-14(18)16(11)22/h2-8,22H,9H2,1H3,(H,20,21)/b19-8+. The van der Waals surface area contributed by atoms with Gasteiger partial charge in [-0.15, -0.1) is 0 Å². The molecule has 0 aliphatic carbocycles. The number of hydrogen-bond acceptors (Lipinski definition) is 4. The van der Waals surface area contributed by atoms with Gasteiger partial charge in [-0.25, -0.2) is 5.43 Å². The highest BCUT2D eigenvalue weighted by Gasteiger charge is 2.06. The number of hydrazone groups is 1. The van der Waals surface area contributed by atoms with E-state index in [9.17, 15) is 9.90 Å². The third-order valence-electron chi connectivity index (χ3n) is 2.81. The number of nitrogens with zero attached hydrogens (tertiary/aromatic N) is 1. The number of aryl methyl sites for hydroxylation is 1. The van der Waals surface area contributed by atoms with Crippen LogP contribution >= 0.6 is 45.2 Å². The maximum absolute atomic E-state index is 11.7. The van der Waals surface area contributed by atoms with Gasteiger partial charge < -0.3 is 9.84 Å². The van der Waals surface area contributed by atoms with Crippen LogP contribution in [0.1, 0.15) is 11.1 Å². The summed E-state index contributed by atoms with van der Waals surface area (Å²) in [5, 5.41) is 13.8. The number of carbonyl (C=O) groups excluding carboxylic acids is 1. The Morgan fingerprint density at radius 1 is 1.35 bits per heavy atom. The van der Waals surface area contributed by atoms with E-state index < -0.39 is 0 Å². The van der Waals surface area contributed by atoms with E-state index in [1.807, 2.05) is 53.8 Å². The molecule has 0 saturated heterocycles. The third-order valence-corrected chi connectivity index (χ3v) is 4.26. The molecule has 0 aromatic heterocycles. The first-order valence-corrected chi connectivity index (χ1v) is 8.81. The highest BCUT2D eigenvalue weighted by molar-refractivity contribution is 14.1. The van der Waals surface area contributed by atoms with Crippen molar-refractivity contribution in [2.45, 2.75) is 6.92 Å². The lowest BCUT2D eigenvalue weighted by molar-refractivity contribution is -0.123. The van der Waals surface area contributed by atoms with Gasteiger partial charge in [-0.1, -0.05) is 12.1 Å². The Labute approximate surface area is 161 Å². The number of phenols is 1. The van der Waals surface area contributed by atoms with Crippen LogP contribution in [0.2, 0.25) is 0 Å². The van der Waals surface area contributed by atoms with E-state index in [1.165, 1.54) is 6.21 Å². The van der Waals surface area contributed by atoms with Gasteiger partial charge >= 0.3 is 0 Å². The Balaban J connectivity index is 1.89. The minimum atomic E-state index is -0.373. The number of nitrogens with one attached hydrogen (secondary N) is 1.